The van der Waals surface area contributed by atoms with Crippen LogP contribution in [0.4, 0.5) is 0 Å². The molecule has 0 aliphatic heterocycles. The van der Waals surface area contributed by atoms with E-state index in [1.54, 1.807) is 0 Å². The predicted molar refractivity (Wildman–Crippen MR) is 193 cm³/mol. The van der Waals surface area contributed by atoms with Crippen molar-refractivity contribution in [3.63, 3.8) is 0 Å². The lowest BCUT2D eigenvalue weighted by molar-refractivity contribution is 1.18. The van der Waals surface area contributed by atoms with Crippen molar-refractivity contribution in [1.82, 2.24) is 9.13 Å². The third-order valence-corrected chi connectivity index (χ3v) is 10.5. The second-order valence-corrected chi connectivity index (χ2v) is 12.8. The molecule has 0 radical (unpaired) electrons. The van der Waals surface area contributed by atoms with Gasteiger partial charge in [0.2, 0.25) is 0 Å². The van der Waals surface area contributed by atoms with Gasteiger partial charge in [-0.1, -0.05) is 115 Å². The number of benzene rings is 7. The average molecular weight is 591 g/mol. The highest BCUT2D eigenvalue weighted by Gasteiger charge is 2.26. The third-order valence-electron chi connectivity index (χ3n) is 9.29. The van der Waals surface area contributed by atoms with Gasteiger partial charge in [0.05, 0.1) is 26.8 Å². The van der Waals surface area contributed by atoms with E-state index in [9.17, 15) is 0 Å². The van der Waals surface area contributed by atoms with Crippen molar-refractivity contribution < 1.29 is 0 Å². The number of aromatic nitrogens is 2. The molecule has 7 aromatic carbocycles. The van der Waals surface area contributed by atoms with E-state index in [-0.39, 0.29) is 0 Å². The second kappa shape index (κ2) is 9.43. The maximum Gasteiger partial charge on any atom is 0.0741 e. The van der Waals surface area contributed by atoms with Crippen molar-refractivity contribution in [2.75, 3.05) is 0 Å². The summed E-state index contributed by atoms with van der Waals surface area (Å²) in [5, 5.41) is 7.84. The van der Waals surface area contributed by atoms with Crippen LogP contribution in [0.25, 0.3) is 86.3 Å². The van der Waals surface area contributed by atoms with Crippen LogP contribution in [0, 0.1) is 0 Å². The van der Waals surface area contributed by atoms with E-state index in [0.29, 0.717) is 0 Å². The van der Waals surface area contributed by atoms with Crippen LogP contribution >= 0.6 is 11.3 Å². The van der Waals surface area contributed by atoms with Crippen molar-refractivity contribution in [2.24, 2.45) is 0 Å². The van der Waals surface area contributed by atoms with Crippen LogP contribution in [0.1, 0.15) is 0 Å². The molecular weight excluding hydrogens is 565 g/mol. The molecule has 0 fully saturated rings. The minimum Gasteiger partial charge on any atom is -0.309 e. The highest BCUT2D eigenvalue weighted by molar-refractivity contribution is 7.27. The fraction of sp³-hybridized carbons (Fsp3) is 0. The minimum absolute atomic E-state index is 1.17. The van der Waals surface area contributed by atoms with E-state index in [2.05, 4.69) is 167 Å². The summed E-state index contributed by atoms with van der Waals surface area (Å²) in [6, 6.07) is 57.3. The molecular formula is C42H26N2S. The van der Waals surface area contributed by atoms with E-state index < -0.39 is 0 Å². The predicted octanol–water partition coefficient (Wildman–Crippen LogP) is 11.9. The van der Waals surface area contributed by atoms with E-state index in [1.165, 1.54) is 86.3 Å². The standard InChI is InChI=1S/C42H26N2S/c1-3-13-27(14-4-1)28-23-25-30(26-24-28)44-35-21-11-8-18-32(35)39-40-37(38-33-19-9-12-22-36(33)45-42(38)41(39)44)31-17-7-10-20-34(31)43(40)29-15-5-2-6-16-29/h1-26H. The highest BCUT2D eigenvalue weighted by atomic mass is 32.1. The van der Waals surface area contributed by atoms with Crippen molar-refractivity contribution in [3.05, 3.63) is 158 Å². The molecule has 0 saturated carbocycles. The van der Waals surface area contributed by atoms with Gasteiger partial charge in [-0.05, 0) is 53.6 Å². The molecule has 0 unspecified atom stereocenters. The van der Waals surface area contributed by atoms with Gasteiger partial charge in [0.15, 0.2) is 0 Å². The van der Waals surface area contributed by atoms with Crippen molar-refractivity contribution in [1.29, 1.82) is 0 Å². The number of thiophene rings is 1. The first-order valence-electron chi connectivity index (χ1n) is 15.4. The number of hydrogen-bond acceptors (Lipinski definition) is 1. The Bertz CT molecular complexity index is 2730. The molecule has 0 aliphatic rings. The second-order valence-electron chi connectivity index (χ2n) is 11.7. The molecule has 10 aromatic rings. The summed E-state index contributed by atoms with van der Waals surface area (Å²) in [5.74, 6) is 0. The van der Waals surface area contributed by atoms with E-state index in [0.717, 1.165) is 0 Å². The Morgan fingerprint density at radius 2 is 0.867 bits per heavy atom. The lowest BCUT2D eigenvalue weighted by Crippen LogP contribution is -1.96. The average Bonchev–Trinajstić information content (AvgIpc) is 3.77. The number of hydrogen-bond donors (Lipinski definition) is 0. The Hall–Kier alpha value is -5.64. The van der Waals surface area contributed by atoms with Gasteiger partial charge in [-0.3, -0.25) is 0 Å². The summed E-state index contributed by atoms with van der Waals surface area (Å²) >= 11 is 1.91. The van der Waals surface area contributed by atoms with E-state index >= 15 is 0 Å². The Labute approximate surface area is 263 Å². The number of rotatable bonds is 3. The van der Waals surface area contributed by atoms with E-state index in [4.69, 9.17) is 0 Å². The molecule has 10 rings (SSSR count). The SMILES string of the molecule is c1ccc(-c2ccc(-n3c4ccccc4c4c3c3sc5ccccc5c3c3c5ccccc5n(-c5ccccc5)c34)cc2)cc1. The number of fused-ring (bicyclic) bond motifs is 12. The van der Waals surface area contributed by atoms with Gasteiger partial charge in [-0.2, -0.15) is 0 Å². The van der Waals surface area contributed by atoms with Gasteiger partial charge in [-0.25, -0.2) is 0 Å². The molecule has 3 aromatic heterocycles. The van der Waals surface area contributed by atoms with Crippen molar-refractivity contribution in [2.45, 2.75) is 0 Å². The van der Waals surface area contributed by atoms with Gasteiger partial charge < -0.3 is 9.13 Å². The Morgan fingerprint density at radius 1 is 0.356 bits per heavy atom. The molecule has 3 heteroatoms. The van der Waals surface area contributed by atoms with Gasteiger partial charge >= 0.3 is 0 Å². The molecule has 0 N–H and O–H groups in total. The van der Waals surface area contributed by atoms with Crippen LogP contribution in [0.15, 0.2) is 158 Å². The summed E-state index contributed by atoms with van der Waals surface area (Å²) in [5.41, 5.74) is 9.78. The smallest absolute Gasteiger partial charge is 0.0741 e. The monoisotopic (exact) mass is 590 g/mol. The molecule has 0 aliphatic carbocycles. The van der Waals surface area contributed by atoms with Gasteiger partial charge in [0, 0.05) is 48.4 Å². The zero-order chi connectivity index (χ0) is 29.5. The first-order valence-corrected chi connectivity index (χ1v) is 16.2. The molecule has 0 spiro atoms. The number of nitrogens with zero attached hydrogens (tertiary/aromatic N) is 2. The molecule has 0 atom stereocenters. The van der Waals surface area contributed by atoms with Crippen LogP contribution in [0.5, 0.6) is 0 Å². The van der Waals surface area contributed by atoms with Gasteiger partial charge in [0.25, 0.3) is 0 Å². The molecule has 45 heavy (non-hydrogen) atoms. The maximum atomic E-state index is 2.50. The number of para-hydroxylation sites is 3. The molecule has 210 valence electrons. The molecule has 0 amide bonds. The summed E-state index contributed by atoms with van der Waals surface area (Å²) in [6.07, 6.45) is 0. The molecule has 0 bridgehead atoms. The minimum atomic E-state index is 1.17. The Kier molecular flexibility index (Phi) is 5.19. The largest absolute Gasteiger partial charge is 0.309 e. The lowest BCUT2D eigenvalue weighted by atomic mass is 10.0. The van der Waals surface area contributed by atoms with Gasteiger partial charge in [0.1, 0.15) is 0 Å². The Balaban J connectivity index is 1.46. The molecule has 0 saturated heterocycles. The summed E-state index contributed by atoms with van der Waals surface area (Å²) < 4.78 is 7.64. The van der Waals surface area contributed by atoms with Gasteiger partial charge in [-0.15, -0.1) is 11.3 Å². The first kappa shape index (κ1) is 24.8. The van der Waals surface area contributed by atoms with Crippen LogP contribution in [0.2, 0.25) is 0 Å². The summed E-state index contributed by atoms with van der Waals surface area (Å²) in [7, 11) is 0. The normalized spacial score (nSPS) is 12.0. The first-order chi connectivity index (χ1) is 22.4. The maximum absolute atomic E-state index is 2.50. The van der Waals surface area contributed by atoms with Crippen LogP contribution in [-0.4, -0.2) is 9.13 Å². The molecule has 3 heterocycles. The van der Waals surface area contributed by atoms with Crippen molar-refractivity contribution in [3.8, 4) is 22.5 Å². The topological polar surface area (TPSA) is 9.86 Å². The van der Waals surface area contributed by atoms with Crippen LogP contribution in [-0.2, 0) is 0 Å². The fourth-order valence-electron chi connectivity index (χ4n) is 7.43. The zero-order valence-corrected chi connectivity index (χ0v) is 25.1. The summed E-state index contributed by atoms with van der Waals surface area (Å²) in [4.78, 5) is 0. The third kappa shape index (κ3) is 3.44. The van der Waals surface area contributed by atoms with Crippen molar-refractivity contribution >= 4 is 75.1 Å². The quantitative estimate of drug-likeness (QED) is 0.194. The van der Waals surface area contributed by atoms with E-state index in [1.807, 2.05) is 11.3 Å². The highest BCUT2D eigenvalue weighted by Crippen LogP contribution is 2.51. The lowest BCUT2D eigenvalue weighted by Gasteiger charge is -2.12. The van der Waals surface area contributed by atoms with Crippen LogP contribution < -0.4 is 0 Å². The molecule has 2 nitrogen and oxygen atoms in total. The zero-order valence-electron chi connectivity index (χ0n) is 24.3. The fourth-order valence-corrected chi connectivity index (χ4v) is 8.68. The van der Waals surface area contributed by atoms with Crippen LogP contribution in [0.3, 0.4) is 0 Å². The summed E-state index contributed by atoms with van der Waals surface area (Å²) in [6.45, 7) is 0. The Morgan fingerprint density at radius 3 is 1.58 bits per heavy atom.